The van der Waals surface area contributed by atoms with Crippen molar-refractivity contribution in [2.75, 3.05) is 6.61 Å². The predicted molar refractivity (Wildman–Crippen MR) is 29.3 cm³/mol. The van der Waals surface area contributed by atoms with Gasteiger partial charge in [-0.3, -0.25) is 4.74 Å². The Balaban J connectivity index is 3.74. The summed E-state index contributed by atoms with van der Waals surface area (Å²) in [6.07, 6.45) is -2.53. The van der Waals surface area contributed by atoms with E-state index in [1.807, 2.05) is 0 Å². The Bertz CT molecular complexity index is 143. The number of hydrogen-bond donors (Lipinski definition) is 0. The van der Waals surface area contributed by atoms with E-state index >= 15 is 0 Å². The third kappa shape index (κ3) is 4.12. The van der Waals surface area contributed by atoms with Gasteiger partial charge in [0.2, 0.25) is 6.08 Å². The molecule has 5 heteroatoms. The molecule has 0 amide bonds. The van der Waals surface area contributed by atoms with E-state index in [9.17, 15) is 13.6 Å². The minimum Gasteiger partial charge on any atom is -0.300 e. The highest BCUT2D eigenvalue weighted by Crippen LogP contribution is 2.15. The Morgan fingerprint density at radius 2 is 2.30 bits per heavy atom. The topological polar surface area (TPSA) is 38.7 Å². The SMILES string of the molecule is CCCOC(F)(F)N=C=O. The van der Waals surface area contributed by atoms with Crippen LogP contribution in [-0.4, -0.2) is 18.9 Å². The number of nitrogens with zero attached hydrogens (tertiary/aromatic N) is 1. The number of hydrogen-bond acceptors (Lipinski definition) is 3. The highest BCUT2D eigenvalue weighted by atomic mass is 19.3. The van der Waals surface area contributed by atoms with Gasteiger partial charge in [0.25, 0.3) is 0 Å². The molecule has 10 heavy (non-hydrogen) atoms. The van der Waals surface area contributed by atoms with Crippen LogP contribution >= 0.6 is 0 Å². The summed E-state index contributed by atoms with van der Waals surface area (Å²) in [5, 5.41) is 0. The molecule has 0 aliphatic heterocycles. The fourth-order valence-electron chi connectivity index (χ4n) is 0.310. The Hall–Kier alpha value is -0.800. The molecule has 0 bridgehead atoms. The molecule has 0 rings (SSSR count). The highest BCUT2D eigenvalue weighted by molar-refractivity contribution is 5.33. The Kier molecular flexibility index (Phi) is 3.76. The first-order valence-electron chi connectivity index (χ1n) is 2.73. The summed E-state index contributed by atoms with van der Waals surface area (Å²) in [6.45, 7) is 1.54. The molecule has 0 aromatic heterocycles. The predicted octanol–water partition coefficient (Wildman–Crippen LogP) is 1.30. The van der Waals surface area contributed by atoms with Gasteiger partial charge in [0, 0.05) is 0 Å². The van der Waals surface area contributed by atoms with E-state index in [-0.39, 0.29) is 6.61 Å². The number of halogens is 2. The fourth-order valence-corrected chi connectivity index (χ4v) is 0.310. The minimum atomic E-state index is -3.70. The van der Waals surface area contributed by atoms with Crippen molar-refractivity contribution in [2.45, 2.75) is 19.6 Å². The number of alkyl halides is 2. The third-order valence-corrected chi connectivity index (χ3v) is 0.656. The molecule has 0 saturated carbocycles. The van der Waals surface area contributed by atoms with Crippen molar-refractivity contribution in [3.8, 4) is 0 Å². The summed E-state index contributed by atoms with van der Waals surface area (Å²) in [5.41, 5.74) is 0. The van der Waals surface area contributed by atoms with E-state index < -0.39 is 6.23 Å². The molecule has 3 nitrogen and oxygen atoms in total. The van der Waals surface area contributed by atoms with Gasteiger partial charge in [-0.25, -0.2) is 4.79 Å². The summed E-state index contributed by atoms with van der Waals surface area (Å²) < 4.78 is 27.8. The molecule has 58 valence electrons. The van der Waals surface area contributed by atoms with Crippen molar-refractivity contribution in [3.05, 3.63) is 0 Å². The monoisotopic (exact) mass is 151 g/mol. The Morgan fingerprint density at radius 1 is 1.70 bits per heavy atom. The van der Waals surface area contributed by atoms with Gasteiger partial charge in [-0.1, -0.05) is 6.92 Å². The number of isocyanates is 1. The zero-order valence-electron chi connectivity index (χ0n) is 5.43. The van der Waals surface area contributed by atoms with E-state index in [0.717, 1.165) is 0 Å². The zero-order valence-corrected chi connectivity index (χ0v) is 5.43. The second kappa shape index (κ2) is 4.09. The molecule has 0 N–H and O–H groups in total. The van der Waals surface area contributed by atoms with Crippen LogP contribution < -0.4 is 0 Å². The fraction of sp³-hybridized carbons (Fsp3) is 0.800. The van der Waals surface area contributed by atoms with Gasteiger partial charge in [-0.05, 0) is 6.42 Å². The van der Waals surface area contributed by atoms with Crippen LogP contribution in [0.15, 0.2) is 4.99 Å². The number of carbonyl (C=O) groups excluding carboxylic acids is 1. The first-order valence-corrected chi connectivity index (χ1v) is 2.73. The molecule has 0 aromatic carbocycles. The number of rotatable bonds is 4. The van der Waals surface area contributed by atoms with Crippen molar-refractivity contribution in [3.63, 3.8) is 0 Å². The Labute approximate surface area is 56.7 Å². The molecular weight excluding hydrogens is 144 g/mol. The van der Waals surface area contributed by atoms with Crippen LogP contribution in [0.5, 0.6) is 0 Å². The van der Waals surface area contributed by atoms with E-state index in [4.69, 9.17) is 0 Å². The van der Waals surface area contributed by atoms with Crippen LogP contribution in [0.1, 0.15) is 13.3 Å². The lowest BCUT2D eigenvalue weighted by molar-refractivity contribution is -0.230. The summed E-state index contributed by atoms with van der Waals surface area (Å²) in [5.74, 6) is 0. The van der Waals surface area contributed by atoms with Crippen LogP contribution in [0.4, 0.5) is 8.78 Å². The second-order valence-corrected chi connectivity index (χ2v) is 1.54. The molecule has 0 aliphatic rings. The largest absolute Gasteiger partial charge is 0.477 e. The standard InChI is InChI=1S/C5H7F2NO2/c1-2-3-10-5(6,7)8-4-9/h2-3H2,1H3. The summed E-state index contributed by atoms with van der Waals surface area (Å²) in [4.78, 5) is 11.5. The molecule has 0 radical (unpaired) electrons. The van der Waals surface area contributed by atoms with Gasteiger partial charge in [0.15, 0.2) is 0 Å². The lowest BCUT2D eigenvalue weighted by atomic mass is 10.5. The molecule has 0 unspecified atom stereocenters. The average Bonchev–Trinajstić information content (AvgIpc) is 1.84. The first kappa shape index (κ1) is 9.20. The normalized spacial score (nSPS) is 10.7. The van der Waals surface area contributed by atoms with Crippen molar-refractivity contribution >= 4 is 6.08 Å². The number of ether oxygens (including phenoxy) is 1. The first-order chi connectivity index (χ1) is 4.62. The maximum absolute atomic E-state index is 12.0. The van der Waals surface area contributed by atoms with Crippen molar-refractivity contribution < 1.29 is 18.3 Å². The van der Waals surface area contributed by atoms with Gasteiger partial charge in [0.1, 0.15) is 0 Å². The third-order valence-electron chi connectivity index (χ3n) is 0.656. The van der Waals surface area contributed by atoms with Crippen LogP contribution in [0, 0.1) is 0 Å². The van der Waals surface area contributed by atoms with Gasteiger partial charge in [-0.2, -0.15) is 8.78 Å². The van der Waals surface area contributed by atoms with Crippen LogP contribution in [0.2, 0.25) is 0 Å². The minimum absolute atomic E-state index is 0.127. The Morgan fingerprint density at radius 3 is 2.70 bits per heavy atom. The summed E-state index contributed by atoms with van der Waals surface area (Å²) >= 11 is 0. The van der Waals surface area contributed by atoms with E-state index in [2.05, 4.69) is 9.73 Å². The maximum Gasteiger partial charge on any atom is 0.477 e. The maximum atomic E-state index is 12.0. The lowest BCUT2D eigenvalue weighted by Gasteiger charge is -2.07. The van der Waals surface area contributed by atoms with Gasteiger partial charge in [0.05, 0.1) is 6.61 Å². The van der Waals surface area contributed by atoms with Crippen molar-refractivity contribution in [1.29, 1.82) is 0 Å². The van der Waals surface area contributed by atoms with Gasteiger partial charge < -0.3 is 0 Å². The quantitative estimate of drug-likeness (QED) is 0.345. The van der Waals surface area contributed by atoms with E-state index in [1.165, 1.54) is 0 Å². The van der Waals surface area contributed by atoms with Crippen LogP contribution in [0.3, 0.4) is 0 Å². The molecule has 0 fully saturated rings. The average molecular weight is 151 g/mol. The van der Waals surface area contributed by atoms with E-state index in [0.29, 0.717) is 12.5 Å². The van der Waals surface area contributed by atoms with Crippen molar-refractivity contribution in [1.82, 2.24) is 0 Å². The summed E-state index contributed by atoms with van der Waals surface area (Å²) in [7, 11) is 0. The van der Waals surface area contributed by atoms with Crippen LogP contribution in [-0.2, 0) is 9.53 Å². The zero-order chi connectivity index (χ0) is 8.04. The van der Waals surface area contributed by atoms with Crippen molar-refractivity contribution in [2.24, 2.45) is 4.99 Å². The molecule has 0 saturated heterocycles. The molecule has 0 aromatic rings. The van der Waals surface area contributed by atoms with Gasteiger partial charge >= 0.3 is 6.23 Å². The smallest absolute Gasteiger partial charge is 0.300 e. The molecular formula is C5H7F2NO2. The lowest BCUT2D eigenvalue weighted by Crippen LogP contribution is -2.17. The summed E-state index contributed by atoms with van der Waals surface area (Å²) in [6, 6.07) is 0. The van der Waals surface area contributed by atoms with E-state index in [1.54, 1.807) is 6.92 Å². The molecule has 0 aliphatic carbocycles. The number of aliphatic imine (C=N–C) groups is 1. The molecule has 0 spiro atoms. The molecule has 0 atom stereocenters. The molecule has 0 heterocycles. The van der Waals surface area contributed by atoms with Gasteiger partial charge in [-0.15, -0.1) is 4.99 Å². The van der Waals surface area contributed by atoms with Crippen LogP contribution in [0.25, 0.3) is 0 Å². The second-order valence-electron chi connectivity index (χ2n) is 1.54. The highest BCUT2D eigenvalue weighted by Gasteiger charge is 2.28.